The van der Waals surface area contributed by atoms with Crippen molar-refractivity contribution in [3.8, 4) is 0 Å². The van der Waals surface area contributed by atoms with Gasteiger partial charge in [0.15, 0.2) is 0 Å². The molecule has 3 nitrogen and oxygen atoms in total. The summed E-state index contributed by atoms with van der Waals surface area (Å²) in [4.78, 5) is 11.9. The Morgan fingerprint density at radius 2 is 2.12 bits per heavy atom. The van der Waals surface area contributed by atoms with E-state index in [-0.39, 0.29) is 11.9 Å². The molecule has 3 heteroatoms. The van der Waals surface area contributed by atoms with E-state index in [9.17, 15) is 4.79 Å². The van der Waals surface area contributed by atoms with E-state index >= 15 is 0 Å². The average Bonchev–Trinajstić information content (AvgIpc) is 2.50. The molecule has 1 amide bonds. The van der Waals surface area contributed by atoms with Crippen LogP contribution in [0.5, 0.6) is 0 Å². The monoisotopic (exact) mass is 232 g/mol. The third kappa shape index (κ3) is 2.50. The van der Waals surface area contributed by atoms with Crippen molar-refractivity contribution in [3.05, 3.63) is 34.9 Å². The van der Waals surface area contributed by atoms with Crippen LogP contribution in [0.4, 0.5) is 0 Å². The molecule has 92 valence electrons. The minimum Gasteiger partial charge on any atom is -0.352 e. The molecule has 1 unspecified atom stereocenters. The van der Waals surface area contributed by atoms with E-state index < -0.39 is 0 Å². The lowest BCUT2D eigenvalue weighted by Gasteiger charge is -2.17. The number of carbonyl (C=O) groups is 1. The Bertz CT molecular complexity index is 426. The zero-order chi connectivity index (χ0) is 12.4. The number of hydrogen-bond donors (Lipinski definition) is 2. The van der Waals surface area contributed by atoms with Gasteiger partial charge in [-0.1, -0.05) is 26.0 Å². The summed E-state index contributed by atoms with van der Waals surface area (Å²) in [6, 6.07) is 6.07. The predicted octanol–water partition coefficient (Wildman–Crippen LogP) is 2.02. The fraction of sp³-hybridized carbons (Fsp3) is 0.500. The first kappa shape index (κ1) is 12.1. The second-order valence-electron chi connectivity index (χ2n) is 5.05. The molecular formula is C14H20N2O. The average molecular weight is 232 g/mol. The van der Waals surface area contributed by atoms with Gasteiger partial charge in [-0.25, -0.2) is 0 Å². The third-order valence-electron chi connectivity index (χ3n) is 3.39. The first-order valence-corrected chi connectivity index (χ1v) is 6.26. The van der Waals surface area contributed by atoms with Crippen molar-refractivity contribution in [2.24, 2.45) is 11.7 Å². The van der Waals surface area contributed by atoms with Crippen LogP contribution in [0, 0.1) is 5.92 Å². The molecule has 2 rings (SSSR count). The number of amides is 1. The molecule has 17 heavy (non-hydrogen) atoms. The molecule has 3 N–H and O–H groups in total. The van der Waals surface area contributed by atoms with E-state index in [1.165, 1.54) is 0 Å². The highest BCUT2D eigenvalue weighted by Gasteiger charge is 2.18. The topological polar surface area (TPSA) is 55.1 Å². The highest BCUT2D eigenvalue weighted by molar-refractivity contribution is 5.96. The van der Waals surface area contributed by atoms with Crippen molar-refractivity contribution < 1.29 is 4.79 Å². The van der Waals surface area contributed by atoms with Crippen LogP contribution >= 0.6 is 0 Å². The number of benzene rings is 1. The Kier molecular flexibility index (Phi) is 3.48. The van der Waals surface area contributed by atoms with Crippen LogP contribution in [-0.4, -0.2) is 12.5 Å². The van der Waals surface area contributed by atoms with Crippen LogP contribution in [-0.2, 0) is 6.42 Å². The van der Waals surface area contributed by atoms with Crippen LogP contribution < -0.4 is 11.1 Å². The highest BCUT2D eigenvalue weighted by atomic mass is 16.1. The van der Waals surface area contributed by atoms with Crippen LogP contribution in [0.15, 0.2) is 18.2 Å². The molecule has 0 fully saturated rings. The second kappa shape index (κ2) is 4.88. The van der Waals surface area contributed by atoms with Crippen molar-refractivity contribution in [3.63, 3.8) is 0 Å². The second-order valence-corrected chi connectivity index (χ2v) is 5.05. The largest absolute Gasteiger partial charge is 0.352 e. The molecule has 0 radical (unpaired) electrons. The number of nitrogens with one attached hydrogen (secondary N) is 1. The van der Waals surface area contributed by atoms with E-state index in [0.29, 0.717) is 5.92 Å². The van der Waals surface area contributed by atoms with Crippen LogP contribution in [0.2, 0.25) is 0 Å². The molecule has 1 aliphatic rings. The lowest BCUT2D eigenvalue weighted by atomic mass is 9.93. The molecule has 0 aliphatic carbocycles. The first-order valence-electron chi connectivity index (χ1n) is 6.26. The summed E-state index contributed by atoms with van der Waals surface area (Å²) in [5.74, 6) is 0.414. The first-order chi connectivity index (χ1) is 8.09. The Morgan fingerprint density at radius 1 is 1.35 bits per heavy atom. The summed E-state index contributed by atoms with van der Waals surface area (Å²) < 4.78 is 0. The van der Waals surface area contributed by atoms with Gasteiger partial charge in [-0.2, -0.15) is 0 Å². The Labute approximate surface area is 102 Å². The van der Waals surface area contributed by atoms with Gasteiger partial charge in [-0.15, -0.1) is 0 Å². The van der Waals surface area contributed by atoms with Gasteiger partial charge >= 0.3 is 0 Å². The van der Waals surface area contributed by atoms with Gasteiger partial charge in [0, 0.05) is 18.2 Å². The SMILES string of the molecule is CC(C)C(N)c1ccc2c(c1)C(=O)NCCC2. The minimum atomic E-state index is -0.00338. The number of carbonyl (C=O) groups excluding carboxylic acids is 1. The third-order valence-corrected chi connectivity index (χ3v) is 3.39. The maximum Gasteiger partial charge on any atom is 0.251 e. The quantitative estimate of drug-likeness (QED) is 0.819. The van der Waals surface area contributed by atoms with Crippen molar-refractivity contribution in [2.75, 3.05) is 6.54 Å². The van der Waals surface area contributed by atoms with Crippen LogP contribution in [0.3, 0.4) is 0 Å². The Balaban J connectivity index is 2.38. The summed E-state index contributed by atoms with van der Waals surface area (Å²) in [5, 5.41) is 2.92. The Morgan fingerprint density at radius 3 is 2.82 bits per heavy atom. The van der Waals surface area contributed by atoms with Gasteiger partial charge in [0.25, 0.3) is 5.91 Å². The standard InChI is InChI=1S/C14H20N2O/c1-9(2)13(15)11-6-5-10-4-3-7-16-14(17)12(10)8-11/h5-6,8-9,13H,3-4,7,15H2,1-2H3,(H,16,17). The molecule has 0 spiro atoms. The number of nitrogens with two attached hydrogens (primary N) is 1. The highest BCUT2D eigenvalue weighted by Crippen LogP contribution is 2.23. The fourth-order valence-corrected chi connectivity index (χ4v) is 2.19. The number of fused-ring (bicyclic) bond motifs is 1. The number of aryl methyl sites for hydroxylation is 1. The molecular weight excluding hydrogens is 212 g/mol. The summed E-state index contributed by atoms with van der Waals surface area (Å²) in [6.07, 6.45) is 1.97. The molecule has 0 bridgehead atoms. The van der Waals surface area contributed by atoms with Crippen LogP contribution in [0.1, 0.15) is 47.8 Å². The van der Waals surface area contributed by atoms with Gasteiger partial charge in [-0.3, -0.25) is 4.79 Å². The Hall–Kier alpha value is -1.35. The minimum absolute atomic E-state index is 0.00338. The summed E-state index contributed by atoms with van der Waals surface area (Å²) in [6.45, 7) is 4.95. The lowest BCUT2D eigenvalue weighted by Crippen LogP contribution is -2.23. The van der Waals surface area contributed by atoms with E-state index in [2.05, 4.69) is 31.3 Å². The summed E-state index contributed by atoms with van der Waals surface area (Å²) >= 11 is 0. The van der Waals surface area contributed by atoms with Crippen molar-refractivity contribution >= 4 is 5.91 Å². The van der Waals surface area contributed by atoms with E-state index in [1.807, 2.05) is 6.07 Å². The smallest absolute Gasteiger partial charge is 0.251 e. The summed E-state index contributed by atoms with van der Waals surface area (Å²) in [7, 11) is 0. The molecule has 1 aromatic carbocycles. The molecule has 0 saturated heterocycles. The molecule has 1 aromatic rings. The zero-order valence-electron chi connectivity index (χ0n) is 10.5. The maximum atomic E-state index is 11.9. The maximum absolute atomic E-state index is 11.9. The van der Waals surface area contributed by atoms with Gasteiger partial charge < -0.3 is 11.1 Å². The normalized spacial score (nSPS) is 17.3. The van der Waals surface area contributed by atoms with Gasteiger partial charge in [0.1, 0.15) is 0 Å². The molecule has 0 saturated carbocycles. The number of hydrogen-bond acceptors (Lipinski definition) is 2. The van der Waals surface area contributed by atoms with E-state index in [4.69, 9.17) is 5.73 Å². The predicted molar refractivity (Wildman–Crippen MR) is 68.9 cm³/mol. The van der Waals surface area contributed by atoms with Crippen LogP contribution in [0.25, 0.3) is 0 Å². The lowest BCUT2D eigenvalue weighted by molar-refractivity contribution is 0.0956. The van der Waals surface area contributed by atoms with Crippen molar-refractivity contribution in [1.29, 1.82) is 0 Å². The van der Waals surface area contributed by atoms with Gasteiger partial charge in [0.05, 0.1) is 0 Å². The molecule has 1 heterocycles. The zero-order valence-corrected chi connectivity index (χ0v) is 10.5. The molecule has 1 atom stereocenters. The van der Waals surface area contributed by atoms with Crippen molar-refractivity contribution in [1.82, 2.24) is 5.32 Å². The molecule has 1 aliphatic heterocycles. The van der Waals surface area contributed by atoms with Gasteiger partial charge in [0.2, 0.25) is 0 Å². The molecule has 0 aromatic heterocycles. The summed E-state index contributed by atoms with van der Waals surface area (Å²) in [5.41, 5.74) is 9.12. The fourth-order valence-electron chi connectivity index (χ4n) is 2.19. The van der Waals surface area contributed by atoms with E-state index in [1.54, 1.807) is 0 Å². The van der Waals surface area contributed by atoms with E-state index in [0.717, 1.165) is 36.1 Å². The van der Waals surface area contributed by atoms with Crippen molar-refractivity contribution in [2.45, 2.75) is 32.7 Å². The number of rotatable bonds is 2. The van der Waals surface area contributed by atoms with Gasteiger partial charge in [-0.05, 0) is 36.0 Å².